The molecule has 1 aromatic carbocycles. The molecule has 0 aliphatic rings. The van der Waals surface area contributed by atoms with E-state index < -0.39 is 0 Å². The second kappa shape index (κ2) is 7.63. The Morgan fingerprint density at radius 1 is 1.35 bits per heavy atom. The minimum absolute atomic E-state index is 0.0832. The smallest absolute Gasteiger partial charge is 0.262 e. The summed E-state index contributed by atoms with van der Waals surface area (Å²) in [6, 6.07) is 7.81. The van der Waals surface area contributed by atoms with Crippen molar-refractivity contribution in [3.63, 3.8) is 0 Å². The second-order valence-corrected chi connectivity index (χ2v) is 8.27. The Labute approximate surface area is 160 Å². The SMILES string of the molecule is Cc1cccc(C(C)C)c1NC(=O)CSc1nc2sccc2c(=O)n1C. The second-order valence-electron chi connectivity index (χ2n) is 6.43. The van der Waals surface area contributed by atoms with Gasteiger partial charge < -0.3 is 5.32 Å². The Bertz CT molecular complexity index is 1020. The van der Waals surface area contributed by atoms with Crippen LogP contribution in [0.4, 0.5) is 5.69 Å². The van der Waals surface area contributed by atoms with Gasteiger partial charge in [0.2, 0.25) is 5.91 Å². The number of amides is 1. The first-order valence-corrected chi connectivity index (χ1v) is 10.2. The first-order chi connectivity index (χ1) is 12.4. The molecule has 0 aliphatic heterocycles. The van der Waals surface area contributed by atoms with Gasteiger partial charge in [-0.3, -0.25) is 14.2 Å². The van der Waals surface area contributed by atoms with E-state index in [0.29, 0.717) is 21.3 Å². The highest BCUT2D eigenvalue weighted by Crippen LogP contribution is 2.28. The highest BCUT2D eigenvalue weighted by atomic mass is 32.2. The van der Waals surface area contributed by atoms with Crippen molar-refractivity contribution in [1.29, 1.82) is 0 Å². The highest BCUT2D eigenvalue weighted by molar-refractivity contribution is 7.99. The van der Waals surface area contributed by atoms with Crippen LogP contribution in [0.1, 0.15) is 30.9 Å². The zero-order chi connectivity index (χ0) is 18.8. The third kappa shape index (κ3) is 3.68. The van der Waals surface area contributed by atoms with Gasteiger partial charge in [0.05, 0.1) is 11.1 Å². The maximum absolute atomic E-state index is 12.5. The number of nitrogens with zero attached hydrogens (tertiary/aromatic N) is 2. The fourth-order valence-electron chi connectivity index (χ4n) is 2.76. The molecular formula is C19H21N3O2S2. The highest BCUT2D eigenvalue weighted by Gasteiger charge is 2.14. The van der Waals surface area contributed by atoms with Crippen molar-refractivity contribution < 1.29 is 4.79 Å². The molecule has 1 amide bonds. The van der Waals surface area contributed by atoms with Crippen LogP contribution >= 0.6 is 23.1 Å². The molecule has 0 aliphatic carbocycles. The van der Waals surface area contributed by atoms with Crippen molar-refractivity contribution in [1.82, 2.24) is 9.55 Å². The van der Waals surface area contributed by atoms with Crippen LogP contribution in [0.15, 0.2) is 39.6 Å². The van der Waals surface area contributed by atoms with E-state index in [1.165, 1.54) is 27.7 Å². The monoisotopic (exact) mass is 387 g/mol. The van der Waals surface area contributed by atoms with Crippen molar-refractivity contribution in [3.05, 3.63) is 51.1 Å². The summed E-state index contributed by atoms with van der Waals surface area (Å²) in [6.45, 7) is 6.20. The van der Waals surface area contributed by atoms with Gasteiger partial charge in [-0.1, -0.05) is 43.8 Å². The molecule has 0 saturated heterocycles. The first kappa shape index (κ1) is 18.7. The van der Waals surface area contributed by atoms with E-state index in [4.69, 9.17) is 0 Å². The van der Waals surface area contributed by atoms with Gasteiger partial charge in [0.1, 0.15) is 4.83 Å². The number of aromatic nitrogens is 2. The fraction of sp³-hybridized carbons (Fsp3) is 0.316. The topological polar surface area (TPSA) is 64.0 Å². The Morgan fingerprint density at radius 3 is 2.85 bits per heavy atom. The van der Waals surface area contributed by atoms with Crippen LogP contribution in [-0.2, 0) is 11.8 Å². The van der Waals surface area contributed by atoms with E-state index in [-0.39, 0.29) is 17.2 Å². The lowest BCUT2D eigenvalue weighted by molar-refractivity contribution is -0.113. The van der Waals surface area contributed by atoms with Gasteiger partial charge in [-0.05, 0) is 35.4 Å². The number of hydrogen-bond acceptors (Lipinski definition) is 5. The normalized spacial score (nSPS) is 11.3. The maximum atomic E-state index is 12.5. The summed E-state index contributed by atoms with van der Waals surface area (Å²) in [5.41, 5.74) is 2.96. The van der Waals surface area contributed by atoms with E-state index in [2.05, 4.69) is 24.1 Å². The first-order valence-electron chi connectivity index (χ1n) is 8.35. The quantitative estimate of drug-likeness (QED) is 0.527. The lowest BCUT2D eigenvalue weighted by Gasteiger charge is -2.16. The summed E-state index contributed by atoms with van der Waals surface area (Å²) >= 11 is 2.70. The standard InChI is InChI=1S/C19H21N3O2S2/c1-11(2)13-7-5-6-12(3)16(13)20-15(23)10-26-19-21-17-14(8-9-25-17)18(24)22(19)4/h5-9,11H,10H2,1-4H3,(H,20,23). The molecule has 0 bridgehead atoms. The molecule has 7 heteroatoms. The van der Waals surface area contributed by atoms with Gasteiger partial charge in [0.25, 0.3) is 5.56 Å². The summed E-state index contributed by atoms with van der Waals surface area (Å²) in [4.78, 5) is 30.0. The molecule has 0 spiro atoms. The molecule has 26 heavy (non-hydrogen) atoms. The van der Waals surface area contributed by atoms with Crippen LogP contribution in [-0.4, -0.2) is 21.2 Å². The molecule has 3 rings (SSSR count). The lowest BCUT2D eigenvalue weighted by atomic mass is 9.98. The van der Waals surface area contributed by atoms with Gasteiger partial charge in [0, 0.05) is 12.7 Å². The number of benzene rings is 1. The van der Waals surface area contributed by atoms with E-state index in [0.717, 1.165) is 16.8 Å². The van der Waals surface area contributed by atoms with Gasteiger partial charge >= 0.3 is 0 Å². The average Bonchev–Trinajstić information content (AvgIpc) is 3.07. The predicted octanol–water partition coefficient (Wildman–Crippen LogP) is 4.16. The number of carbonyl (C=O) groups is 1. The molecule has 0 unspecified atom stereocenters. The molecule has 2 heterocycles. The third-order valence-corrected chi connectivity index (χ3v) is 6.02. The third-order valence-electron chi connectivity index (χ3n) is 4.19. The van der Waals surface area contributed by atoms with Crippen LogP contribution in [0, 0.1) is 6.92 Å². The van der Waals surface area contributed by atoms with Gasteiger partial charge in [-0.25, -0.2) is 4.98 Å². The summed E-state index contributed by atoms with van der Waals surface area (Å²) in [7, 11) is 1.69. The van der Waals surface area contributed by atoms with E-state index in [1.807, 2.05) is 30.5 Å². The Kier molecular flexibility index (Phi) is 5.48. The lowest BCUT2D eigenvalue weighted by Crippen LogP contribution is -2.21. The van der Waals surface area contributed by atoms with Crippen LogP contribution in [0.3, 0.4) is 0 Å². The van der Waals surface area contributed by atoms with Gasteiger partial charge in [0.15, 0.2) is 5.16 Å². The van der Waals surface area contributed by atoms with Crippen LogP contribution in [0.25, 0.3) is 10.2 Å². The molecule has 5 nitrogen and oxygen atoms in total. The molecule has 0 atom stereocenters. The number of fused-ring (bicyclic) bond motifs is 1. The summed E-state index contributed by atoms with van der Waals surface area (Å²) in [5.74, 6) is 0.413. The number of aryl methyl sites for hydroxylation is 1. The van der Waals surface area contributed by atoms with Crippen LogP contribution in [0.2, 0.25) is 0 Å². The molecular weight excluding hydrogens is 366 g/mol. The summed E-state index contributed by atoms with van der Waals surface area (Å²) < 4.78 is 1.50. The molecule has 1 N–H and O–H groups in total. The Balaban J connectivity index is 1.77. The maximum Gasteiger partial charge on any atom is 0.262 e. The molecule has 136 valence electrons. The number of rotatable bonds is 5. The van der Waals surface area contributed by atoms with Crippen LogP contribution < -0.4 is 10.9 Å². The van der Waals surface area contributed by atoms with Gasteiger partial charge in [-0.15, -0.1) is 11.3 Å². The number of thioether (sulfide) groups is 1. The van der Waals surface area contributed by atoms with Crippen molar-refractivity contribution in [2.75, 3.05) is 11.1 Å². The average molecular weight is 388 g/mol. The van der Waals surface area contributed by atoms with E-state index in [9.17, 15) is 9.59 Å². The largest absolute Gasteiger partial charge is 0.325 e. The fourth-order valence-corrected chi connectivity index (χ4v) is 4.33. The van der Waals surface area contributed by atoms with E-state index in [1.54, 1.807) is 13.1 Å². The molecule has 0 fully saturated rings. The Hall–Kier alpha value is -2.12. The summed E-state index contributed by atoms with van der Waals surface area (Å²) in [5, 5.41) is 6.05. The number of hydrogen-bond donors (Lipinski definition) is 1. The summed E-state index contributed by atoms with van der Waals surface area (Å²) in [6.07, 6.45) is 0. The molecule has 3 aromatic rings. The number of para-hydroxylation sites is 1. The van der Waals surface area contributed by atoms with E-state index >= 15 is 0 Å². The molecule has 0 radical (unpaired) electrons. The van der Waals surface area contributed by atoms with Crippen molar-refractivity contribution in [2.45, 2.75) is 31.8 Å². The Morgan fingerprint density at radius 2 is 2.12 bits per heavy atom. The van der Waals surface area contributed by atoms with Crippen molar-refractivity contribution >= 4 is 44.9 Å². The number of carbonyl (C=O) groups excluding carboxylic acids is 1. The minimum Gasteiger partial charge on any atom is -0.325 e. The number of nitrogens with one attached hydrogen (secondary N) is 1. The van der Waals surface area contributed by atoms with Crippen LogP contribution in [0.5, 0.6) is 0 Å². The minimum atomic E-state index is -0.105. The zero-order valence-corrected chi connectivity index (χ0v) is 16.8. The zero-order valence-electron chi connectivity index (χ0n) is 15.2. The van der Waals surface area contributed by atoms with Crippen molar-refractivity contribution in [3.8, 4) is 0 Å². The molecule has 2 aromatic heterocycles. The van der Waals surface area contributed by atoms with Gasteiger partial charge in [-0.2, -0.15) is 0 Å². The predicted molar refractivity (Wildman–Crippen MR) is 109 cm³/mol. The number of thiophene rings is 1. The van der Waals surface area contributed by atoms with Crippen molar-refractivity contribution in [2.24, 2.45) is 7.05 Å². The molecule has 0 saturated carbocycles. The number of anilines is 1.